The van der Waals surface area contributed by atoms with Crippen molar-refractivity contribution in [2.75, 3.05) is 6.54 Å². The quantitative estimate of drug-likeness (QED) is 0.853. The van der Waals surface area contributed by atoms with Crippen molar-refractivity contribution in [3.63, 3.8) is 0 Å². The zero-order chi connectivity index (χ0) is 14.8. The highest BCUT2D eigenvalue weighted by molar-refractivity contribution is 5.82. The first-order chi connectivity index (χ1) is 10.1. The number of carbonyl (C=O) groups is 1. The van der Waals surface area contributed by atoms with Gasteiger partial charge in [-0.05, 0) is 32.2 Å². The minimum Gasteiger partial charge on any atom is -0.339 e. The molecule has 2 atom stereocenters. The van der Waals surface area contributed by atoms with Crippen LogP contribution < -0.4 is 0 Å². The Hall–Kier alpha value is -1.23. The maximum absolute atomic E-state index is 12.2. The SMILES string of the molecule is CC(C)c1nc(CN2CCCC2C2CCCCC2=O)no1. The van der Waals surface area contributed by atoms with Crippen molar-refractivity contribution < 1.29 is 9.32 Å². The summed E-state index contributed by atoms with van der Waals surface area (Å²) in [7, 11) is 0. The first-order valence-corrected chi connectivity index (χ1v) is 8.24. The van der Waals surface area contributed by atoms with Crippen molar-refractivity contribution in [1.29, 1.82) is 0 Å². The third kappa shape index (κ3) is 3.18. The summed E-state index contributed by atoms with van der Waals surface area (Å²) in [5.74, 6) is 2.43. The Labute approximate surface area is 126 Å². The van der Waals surface area contributed by atoms with Gasteiger partial charge in [0.05, 0.1) is 6.54 Å². The van der Waals surface area contributed by atoms with Crippen LogP contribution in [0.25, 0.3) is 0 Å². The van der Waals surface area contributed by atoms with Crippen LogP contribution in [0.1, 0.15) is 70.0 Å². The van der Waals surface area contributed by atoms with E-state index in [9.17, 15) is 4.79 Å². The Morgan fingerprint density at radius 2 is 2.14 bits per heavy atom. The molecule has 1 saturated heterocycles. The summed E-state index contributed by atoms with van der Waals surface area (Å²) in [6.07, 6.45) is 6.40. The summed E-state index contributed by atoms with van der Waals surface area (Å²) in [6, 6.07) is 0.388. The Balaban J connectivity index is 1.67. The molecule has 21 heavy (non-hydrogen) atoms. The van der Waals surface area contributed by atoms with Gasteiger partial charge in [-0.25, -0.2) is 0 Å². The third-order valence-electron chi connectivity index (χ3n) is 4.80. The lowest BCUT2D eigenvalue weighted by atomic mass is 9.82. The summed E-state index contributed by atoms with van der Waals surface area (Å²) in [6.45, 7) is 5.86. The predicted molar refractivity (Wildman–Crippen MR) is 78.8 cm³/mol. The number of ketones is 1. The van der Waals surface area contributed by atoms with E-state index in [1.807, 2.05) is 0 Å². The lowest BCUT2D eigenvalue weighted by Crippen LogP contribution is -2.40. The van der Waals surface area contributed by atoms with E-state index in [0.717, 1.165) is 38.1 Å². The fraction of sp³-hybridized carbons (Fsp3) is 0.812. The van der Waals surface area contributed by atoms with E-state index in [4.69, 9.17) is 4.52 Å². The first kappa shape index (κ1) is 14.7. The number of nitrogens with zero attached hydrogens (tertiary/aromatic N) is 3. The van der Waals surface area contributed by atoms with Crippen LogP contribution in [0, 0.1) is 5.92 Å². The molecule has 2 fully saturated rings. The lowest BCUT2D eigenvalue weighted by molar-refractivity contribution is -0.126. The fourth-order valence-electron chi connectivity index (χ4n) is 3.67. The first-order valence-electron chi connectivity index (χ1n) is 8.24. The van der Waals surface area contributed by atoms with E-state index < -0.39 is 0 Å². The van der Waals surface area contributed by atoms with Gasteiger partial charge in [-0.3, -0.25) is 9.69 Å². The molecule has 0 aromatic carbocycles. The molecule has 2 heterocycles. The van der Waals surface area contributed by atoms with Crippen molar-refractivity contribution in [3.8, 4) is 0 Å². The monoisotopic (exact) mass is 291 g/mol. The second-order valence-corrected chi connectivity index (χ2v) is 6.70. The molecule has 0 spiro atoms. The molecule has 116 valence electrons. The minimum absolute atomic E-state index is 0.234. The largest absolute Gasteiger partial charge is 0.339 e. The van der Waals surface area contributed by atoms with Crippen LogP contribution in [-0.2, 0) is 11.3 Å². The van der Waals surface area contributed by atoms with E-state index in [1.54, 1.807) is 0 Å². The van der Waals surface area contributed by atoms with Gasteiger partial charge in [0.2, 0.25) is 5.89 Å². The van der Waals surface area contributed by atoms with Crippen molar-refractivity contribution in [2.24, 2.45) is 5.92 Å². The van der Waals surface area contributed by atoms with Crippen LogP contribution in [0.3, 0.4) is 0 Å². The zero-order valence-electron chi connectivity index (χ0n) is 13.0. The van der Waals surface area contributed by atoms with Gasteiger partial charge in [0.15, 0.2) is 5.82 Å². The average Bonchev–Trinajstić information content (AvgIpc) is 3.09. The molecule has 5 heteroatoms. The molecule has 1 aliphatic carbocycles. The molecule has 1 aliphatic heterocycles. The van der Waals surface area contributed by atoms with Crippen LogP contribution in [0.5, 0.6) is 0 Å². The van der Waals surface area contributed by atoms with Crippen LogP contribution in [-0.4, -0.2) is 33.4 Å². The van der Waals surface area contributed by atoms with Gasteiger partial charge in [0.25, 0.3) is 0 Å². The maximum atomic E-state index is 12.2. The molecule has 0 amide bonds. The van der Waals surface area contributed by atoms with E-state index in [-0.39, 0.29) is 11.8 Å². The molecular formula is C16H25N3O2. The lowest BCUT2D eigenvalue weighted by Gasteiger charge is -2.32. The fourth-order valence-corrected chi connectivity index (χ4v) is 3.67. The Morgan fingerprint density at radius 1 is 1.29 bits per heavy atom. The smallest absolute Gasteiger partial charge is 0.229 e. The van der Waals surface area contributed by atoms with Crippen LogP contribution >= 0.6 is 0 Å². The minimum atomic E-state index is 0.234. The van der Waals surface area contributed by atoms with Gasteiger partial charge < -0.3 is 4.52 Å². The second kappa shape index (κ2) is 6.26. The average molecular weight is 291 g/mol. The highest BCUT2D eigenvalue weighted by atomic mass is 16.5. The summed E-state index contributed by atoms with van der Waals surface area (Å²) in [5.41, 5.74) is 0. The van der Waals surface area contributed by atoms with Crippen molar-refractivity contribution >= 4 is 5.78 Å². The molecule has 0 radical (unpaired) electrons. The summed E-state index contributed by atoms with van der Waals surface area (Å²) < 4.78 is 5.28. The molecular weight excluding hydrogens is 266 g/mol. The van der Waals surface area contributed by atoms with Crippen LogP contribution in [0.15, 0.2) is 4.52 Å². The molecule has 2 unspecified atom stereocenters. The molecule has 1 saturated carbocycles. The highest BCUT2D eigenvalue weighted by Crippen LogP contribution is 2.33. The summed E-state index contributed by atoms with van der Waals surface area (Å²) >= 11 is 0. The topological polar surface area (TPSA) is 59.2 Å². The summed E-state index contributed by atoms with van der Waals surface area (Å²) in [5, 5.41) is 4.09. The summed E-state index contributed by atoms with van der Waals surface area (Å²) in [4.78, 5) is 19.1. The van der Waals surface area contributed by atoms with Gasteiger partial charge in [0, 0.05) is 24.3 Å². The molecule has 0 N–H and O–H groups in total. The van der Waals surface area contributed by atoms with Gasteiger partial charge >= 0.3 is 0 Å². The zero-order valence-corrected chi connectivity index (χ0v) is 13.0. The number of hydrogen-bond donors (Lipinski definition) is 0. The normalized spacial score (nSPS) is 27.7. The molecule has 1 aromatic heterocycles. The van der Waals surface area contributed by atoms with Crippen molar-refractivity contribution in [1.82, 2.24) is 15.0 Å². The number of rotatable bonds is 4. The van der Waals surface area contributed by atoms with E-state index in [2.05, 4.69) is 28.9 Å². The Kier molecular flexibility index (Phi) is 4.38. The number of likely N-dealkylation sites (tertiary alicyclic amines) is 1. The molecule has 3 rings (SSSR count). The molecule has 0 bridgehead atoms. The predicted octanol–water partition coefficient (Wildman–Crippen LogP) is 2.92. The number of carbonyl (C=O) groups excluding carboxylic acids is 1. The maximum Gasteiger partial charge on any atom is 0.229 e. The molecule has 2 aliphatic rings. The number of aromatic nitrogens is 2. The Bertz CT molecular complexity index is 497. The van der Waals surface area contributed by atoms with E-state index >= 15 is 0 Å². The van der Waals surface area contributed by atoms with Gasteiger partial charge in [-0.2, -0.15) is 4.98 Å². The Morgan fingerprint density at radius 3 is 2.86 bits per heavy atom. The number of Topliss-reactive ketones (excluding diaryl/α,β-unsaturated/α-hetero) is 1. The van der Waals surface area contributed by atoms with E-state index in [1.165, 1.54) is 12.8 Å². The highest BCUT2D eigenvalue weighted by Gasteiger charge is 2.37. The second-order valence-electron chi connectivity index (χ2n) is 6.70. The van der Waals surface area contributed by atoms with Gasteiger partial charge in [-0.15, -0.1) is 0 Å². The molecule has 5 nitrogen and oxygen atoms in total. The van der Waals surface area contributed by atoms with Gasteiger partial charge in [-0.1, -0.05) is 25.4 Å². The molecule has 1 aromatic rings. The third-order valence-corrected chi connectivity index (χ3v) is 4.80. The number of hydrogen-bond acceptors (Lipinski definition) is 5. The van der Waals surface area contributed by atoms with Crippen LogP contribution in [0.2, 0.25) is 0 Å². The van der Waals surface area contributed by atoms with E-state index in [0.29, 0.717) is 24.3 Å². The van der Waals surface area contributed by atoms with Crippen molar-refractivity contribution in [2.45, 2.75) is 70.9 Å². The van der Waals surface area contributed by atoms with Gasteiger partial charge in [0.1, 0.15) is 5.78 Å². The van der Waals surface area contributed by atoms with Crippen LogP contribution in [0.4, 0.5) is 0 Å². The standard InChI is InChI=1S/C16H25N3O2/c1-11(2)16-17-15(18-21-16)10-19-9-5-7-13(19)12-6-3-4-8-14(12)20/h11-13H,3-10H2,1-2H3. The van der Waals surface area contributed by atoms with Crippen molar-refractivity contribution in [3.05, 3.63) is 11.7 Å².